The van der Waals surface area contributed by atoms with Crippen LogP contribution in [0, 0.1) is 0 Å². The van der Waals surface area contributed by atoms with Crippen molar-refractivity contribution < 1.29 is 0 Å². The van der Waals surface area contributed by atoms with Crippen LogP contribution >= 0.6 is 22.9 Å². The lowest BCUT2D eigenvalue weighted by Crippen LogP contribution is -1.76. The lowest BCUT2D eigenvalue weighted by Gasteiger charge is -1.96. The fraction of sp³-hybridized carbons (Fsp3) is 0. The van der Waals surface area contributed by atoms with E-state index in [1.54, 1.807) is 17.5 Å². The second kappa shape index (κ2) is 3.36. The molecule has 3 heterocycles. The number of nitrogens with one attached hydrogen (secondary N) is 1. The van der Waals surface area contributed by atoms with E-state index >= 15 is 0 Å². The molecule has 3 aromatic rings. The fourth-order valence-electron chi connectivity index (χ4n) is 1.66. The number of aromatic amines is 1. The van der Waals surface area contributed by atoms with E-state index in [0.717, 1.165) is 21.6 Å². The number of rotatable bonds is 1. The molecule has 0 aliphatic rings. The summed E-state index contributed by atoms with van der Waals surface area (Å²) in [6.07, 6.45) is 3.66. The van der Waals surface area contributed by atoms with E-state index in [1.807, 2.05) is 12.3 Å². The van der Waals surface area contributed by atoms with E-state index in [2.05, 4.69) is 26.8 Å². The van der Waals surface area contributed by atoms with Gasteiger partial charge < -0.3 is 4.98 Å². The summed E-state index contributed by atoms with van der Waals surface area (Å²) < 4.78 is 0. The molecule has 0 aliphatic carbocycles. The van der Waals surface area contributed by atoms with Gasteiger partial charge in [0.1, 0.15) is 5.65 Å². The molecule has 15 heavy (non-hydrogen) atoms. The molecule has 1 N–H and O–H groups in total. The molecule has 0 saturated carbocycles. The van der Waals surface area contributed by atoms with Crippen LogP contribution in [0.1, 0.15) is 0 Å². The van der Waals surface area contributed by atoms with Crippen LogP contribution in [0.4, 0.5) is 0 Å². The zero-order valence-corrected chi connectivity index (χ0v) is 9.27. The average Bonchev–Trinajstić information content (AvgIpc) is 2.85. The van der Waals surface area contributed by atoms with Crippen LogP contribution in [0.5, 0.6) is 0 Å². The third kappa shape index (κ3) is 1.35. The number of H-pyrrole nitrogens is 1. The summed E-state index contributed by atoms with van der Waals surface area (Å²) in [6.45, 7) is 0. The van der Waals surface area contributed by atoms with Crippen molar-refractivity contribution in [2.24, 2.45) is 0 Å². The topological polar surface area (TPSA) is 28.7 Å². The van der Waals surface area contributed by atoms with Crippen molar-refractivity contribution >= 4 is 34.0 Å². The van der Waals surface area contributed by atoms with Crippen molar-refractivity contribution in [2.45, 2.75) is 0 Å². The molecule has 0 aromatic carbocycles. The van der Waals surface area contributed by atoms with Gasteiger partial charge in [0.25, 0.3) is 0 Å². The van der Waals surface area contributed by atoms with Crippen molar-refractivity contribution in [1.82, 2.24) is 9.97 Å². The molecule has 74 valence electrons. The Balaban J connectivity index is 2.37. The quantitative estimate of drug-likeness (QED) is 0.679. The molecular weight excluding hydrogens is 228 g/mol. The molecule has 0 saturated heterocycles. The second-order valence-electron chi connectivity index (χ2n) is 3.23. The number of halogens is 1. The molecule has 0 bridgehead atoms. The third-order valence-electron chi connectivity index (χ3n) is 2.35. The Morgan fingerprint density at radius 2 is 2.27 bits per heavy atom. The lowest BCUT2D eigenvalue weighted by atomic mass is 10.1. The van der Waals surface area contributed by atoms with Crippen LogP contribution in [0.3, 0.4) is 0 Å². The van der Waals surface area contributed by atoms with Crippen LogP contribution in [-0.4, -0.2) is 9.97 Å². The van der Waals surface area contributed by atoms with Crippen LogP contribution in [0.2, 0.25) is 5.02 Å². The van der Waals surface area contributed by atoms with Crippen LogP contribution < -0.4 is 0 Å². The number of thiophene rings is 1. The van der Waals surface area contributed by atoms with Crippen LogP contribution in [0.25, 0.3) is 22.2 Å². The average molecular weight is 235 g/mol. The van der Waals surface area contributed by atoms with Crippen LogP contribution in [-0.2, 0) is 0 Å². The minimum Gasteiger partial charge on any atom is -0.345 e. The fourth-order valence-corrected chi connectivity index (χ4v) is 2.57. The molecule has 0 unspecified atom stereocenters. The van der Waals surface area contributed by atoms with Crippen LogP contribution in [0.15, 0.2) is 35.3 Å². The van der Waals surface area contributed by atoms with Gasteiger partial charge >= 0.3 is 0 Å². The molecule has 3 rings (SSSR count). The highest BCUT2D eigenvalue weighted by Crippen LogP contribution is 2.33. The van der Waals surface area contributed by atoms with Crippen molar-refractivity contribution in [3.8, 4) is 11.1 Å². The third-order valence-corrected chi connectivity index (χ3v) is 3.35. The molecule has 0 atom stereocenters. The molecule has 0 radical (unpaired) electrons. The van der Waals surface area contributed by atoms with Gasteiger partial charge in [-0.05, 0) is 28.5 Å². The molecule has 0 amide bonds. The monoisotopic (exact) mass is 234 g/mol. The predicted molar refractivity (Wildman–Crippen MR) is 64.4 cm³/mol. The first-order valence-corrected chi connectivity index (χ1v) is 5.82. The Bertz CT molecular complexity index is 598. The maximum Gasteiger partial charge on any atom is 0.139 e. The minimum atomic E-state index is 0.738. The first-order chi connectivity index (χ1) is 7.36. The smallest absolute Gasteiger partial charge is 0.139 e. The van der Waals surface area contributed by atoms with E-state index in [1.165, 1.54) is 5.56 Å². The highest BCUT2D eigenvalue weighted by molar-refractivity contribution is 7.08. The van der Waals surface area contributed by atoms with Gasteiger partial charge in [0.05, 0.1) is 5.02 Å². The molecule has 2 nitrogen and oxygen atoms in total. The number of hydrogen-bond acceptors (Lipinski definition) is 2. The van der Waals surface area contributed by atoms with Gasteiger partial charge in [-0.15, -0.1) is 0 Å². The number of fused-ring (bicyclic) bond motifs is 1. The van der Waals surface area contributed by atoms with Gasteiger partial charge in [0.2, 0.25) is 0 Å². The molecule has 3 aromatic heterocycles. The van der Waals surface area contributed by atoms with Gasteiger partial charge in [-0.25, -0.2) is 4.98 Å². The SMILES string of the molecule is Clc1ccnc2[nH]cc(-c3ccsc3)c12. The molecular formula is C11H7ClN2S. The zero-order chi connectivity index (χ0) is 10.3. The zero-order valence-electron chi connectivity index (χ0n) is 7.70. The van der Waals surface area contributed by atoms with Gasteiger partial charge in [-0.2, -0.15) is 11.3 Å². The van der Waals surface area contributed by atoms with Gasteiger partial charge in [-0.3, -0.25) is 0 Å². The summed E-state index contributed by atoms with van der Waals surface area (Å²) in [7, 11) is 0. The normalized spacial score (nSPS) is 11.0. The van der Waals surface area contributed by atoms with E-state index in [0.29, 0.717) is 0 Å². The number of nitrogens with zero attached hydrogens (tertiary/aromatic N) is 1. The van der Waals surface area contributed by atoms with Crippen molar-refractivity contribution in [2.75, 3.05) is 0 Å². The van der Waals surface area contributed by atoms with E-state index < -0.39 is 0 Å². The first kappa shape index (κ1) is 8.95. The maximum atomic E-state index is 6.16. The predicted octanol–water partition coefficient (Wildman–Crippen LogP) is 3.94. The highest BCUT2D eigenvalue weighted by Gasteiger charge is 2.09. The second-order valence-corrected chi connectivity index (χ2v) is 4.42. The Morgan fingerprint density at radius 1 is 1.33 bits per heavy atom. The Kier molecular flexibility index (Phi) is 2.01. The van der Waals surface area contributed by atoms with E-state index in [-0.39, 0.29) is 0 Å². The standard InChI is InChI=1S/C11H7ClN2S/c12-9-1-3-13-11-10(9)8(5-14-11)7-2-4-15-6-7/h1-6H,(H,13,14). The van der Waals surface area contributed by atoms with Crippen molar-refractivity contribution in [3.05, 3.63) is 40.3 Å². The summed E-state index contributed by atoms with van der Waals surface area (Å²) in [5, 5.41) is 5.89. The summed E-state index contributed by atoms with van der Waals surface area (Å²) in [5.41, 5.74) is 3.13. The molecule has 4 heteroatoms. The lowest BCUT2D eigenvalue weighted by molar-refractivity contribution is 1.33. The Hall–Kier alpha value is -1.32. The summed E-state index contributed by atoms with van der Waals surface area (Å²) >= 11 is 7.84. The van der Waals surface area contributed by atoms with Crippen molar-refractivity contribution in [1.29, 1.82) is 0 Å². The first-order valence-electron chi connectivity index (χ1n) is 4.50. The Labute approximate surface area is 95.5 Å². The summed E-state index contributed by atoms with van der Waals surface area (Å²) in [5.74, 6) is 0. The number of hydrogen-bond donors (Lipinski definition) is 1. The van der Waals surface area contributed by atoms with E-state index in [9.17, 15) is 0 Å². The summed E-state index contributed by atoms with van der Waals surface area (Å²) in [6, 6.07) is 3.89. The minimum absolute atomic E-state index is 0.738. The number of aromatic nitrogens is 2. The summed E-state index contributed by atoms with van der Waals surface area (Å²) in [4.78, 5) is 7.36. The maximum absolute atomic E-state index is 6.16. The van der Waals surface area contributed by atoms with Gasteiger partial charge in [0, 0.05) is 23.3 Å². The molecule has 0 aliphatic heterocycles. The van der Waals surface area contributed by atoms with Gasteiger partial charge in [-0.1, -0.05) is 11.6 Å². The van der Waals surface area contributed by atoms with E-state index in [4.69, 9.17) is 11.6 Å². The highest BCUT2D eigenvalue weighted by atomic mass is 35.5. The number of pyridine rings is 1. The molecule has 0 spiro atoms. The Morgan fingerprint density at radius 3 is 3.07 bits per heavy atom. The molecule has 0 fully saturated rings. The van der Waals surface area contributed by atoms with Crippen molar-refractivity contribution in [3.63, 3.8) is 0 Å². The van der Waals surface area contributed by atoms with Gasteiger partial charge in [0.15, 0.2) is 0 Å². The largest absolute Gasteiger partial charge is 0.345 e.